The molecule has 0 unspecified atom stereocenters. The van der Waals surface area contributed by atoms with E-state index in [1.54, 1.807) is 13.0 Å². The summed E-state index contributed by atoms with van der Waals surface area (Å²) in [7, 11) is 0. The zero-order valence-corrected chi connectivity index (χ0v) is 11.0. The summed E-state index contributed by atoms with van der Waals surface area (Å²) < 4.78 is 4.75. The second-order valence-electron chi connectivity index (χ2n) is 5.17. The third kappa shape index (κ3) is 2.40. The van der Waals surface area contributed by atoms with Gasteiger partial charge in [-0.3, -0.25) is 9.69 Å². The maximum atomic E-state index is 11.9. The first-order valence-electron chi connectivity index (χ1n) is 6.76. The molecule has 1 aliphatic carbocycles. The van der Waals surface area contributed by atoms with Crippen LogP contribution < -0.4 is 0 Å². The lowest BCUT2D eigenvalue weighted by Gasteiger charge is -2.11. The Labute approximate surface area is 112 Å². The summed E-state index contributed by atoms with van der Waals surface area (Å²) in [6.07, 6.45) is 2.56. The van der Waals surface area contributed by atoms with Crippen LogP contribution in [-0.4, -0.2) is 29.3 Å². The van der Waals surface area contributed by atoms with Crippen molar-refractivity contribution >= 4 is 11.8 Å². The zero-order chi connectivity index (χ0) is 13.4. The van der Waals surface area contributed by atoms with Crippen molar-refractivity contribution in [2.75, 3.05) is 6.61 Å². The highest BCUT2D eigenvalue weighted by Crippen LogP contribution is 2.34. The van der Waals surface area contributed by atoms with E-state index >= 15 is 0 Å². The van der Waals surface area contributed by atoms with Gasteiger partial charge in [-0.05, 0) is 37.0 Å². The average Bonchev–Trinajstić information content (AvgIpc) is 3.17. The van der Waals surface area contributed by atoms with Gasteiger partial charge in [-0.2, -0.15) is 0 Å². The first kappa shape index (κ1) is 12.4. The highest BCUT2D eigenvalue weighted by Gasteiger charge is 2.33. The molecule has 3 rings (SSSR count). The lowest BCUT2D eigenvalue weighted by Crippen LogP contribution is -2.18. The summed E-state index contributed by atoms with van der Waals surface area (Å²) in [6.45, 7) is 3.78. The summed E-state index contributed by atoms with van der Waals surface area (Å²) in [5, 5.41) is 0. The highest BCUT2D eigenvalue weighted by molar-refractivity contribution is 6.40. The number of fused-ring (bicyclic) bond motifs is 1. The van der Waals surface area contributed by atoms with Crippen molar-refractivity contribution in [1.82, 2.24) is 4.90 Å². The third-order valence-corrected chi connectivity index (χ3v) is 3.74. The van der Waals surface area contributed by atoms with Gasteiger partial charge in [0.05, 0.1) is 6.61 Å². The Morgan fingerprint density at radius 3 is 2.68 bits per heavy atom. The Bertz CT molecular complexity index is 534. The van der Waals surface area contributed by atoms with Gasteiger partial charge in [-0.15, -0.1) is 0 Å². The van der Waals surface area contributed by atoms with E-state index in [1.165, 1.54) is 24.0 Å². The molecule has 0 atom stereocenters. The van der Waals surface area contributed by atoms with Gasteiger partial charge >= 0.3 is 5.97 Å². The molecule has 0 N–H and O–H groups in total. The maximum absolute atomic E-state index is 11.9. The largest absolute Gasteiger partial charge is 0.460 e. The number of ether oxygens (including phenoxy) is 1. The average molecular weight is 259 g/mol. The number of carbonyl (C=O) groups is 2. The number of benzene rings is 1. The van der Waals surface area contributed by atoms with Crippen LogP contribution >= 0.6 is 0 Å². The number of ketones is 1. The predicted molar refractivity (Wildman–Crippen MR) is 69.7 cm³/mol. The van der Waals surface area contributed by atoms with Crippen LogP contribution in [0.25, 0.3) is 0 Å². The molecule has 19 heavy (non-hydrogen) atoms. The molecule has 1 heterocycles. The molecule has 0 spiro atoms. The summed E-state index contributed by atoms with van der Waals surface area (Å²) in [6, 6.07) is 6.26. The van der Waals surface area contributed by atoms with Gasteiger partial charge in [0, 0.05) is 24.7 Å². The van der Waals surface area contributed by atoms with E-state index in [4.69, 9.17) is 4.74 Å². The lowest BCUT2D eigenvalue weighted by molar-refractivity contribution is -0.137. The quantitative estimate of drug-likeness (QED) is 0.471. The molecular formula is C15H17NO3. The Kier molecular flexibility index (Phi) is 3.11. The molecule has 2 aliphatic rings. The van der Waals surface area contributed by atoms with Crippen molar-refractivity contribution in [2.24, 2.45) is 0 Å². The van der Waals surface area contributed by atoms with Gasteiger partial charge < -0.3 is 4.74 Å². The molecule has 1 aliphatic heterocycles. The molecular weight excluding hydrogens is 242 g/mol. The van der Waals surface area contributed by atoms with Crippen LogP contribution in [0.15, 0.2) is 18.2 Å². The third-order valence-electron chi connectivity index (χ3n) is 3.74. The van der Waals surface area contributed by atoms with E-state index in [9.17, 15) is 9.59 Å². The normalized spacial score (nSPS) is 18.2. The van der Waals surface area contributed by atoms with E-state index in [2.05, 4.69) is 4.90 Å². The van der Waals surface area contributed by atoms with Gasteiger partial charge in [0.15, 0.2) is 0 Å². The summed E-state index contributed by atoms with van der Waals surface area (Å²) in [5.41, 5.74) is 2.88. The number of esters is 1. The van der Waals surface area contributed by atoms with Crippen molar-refractivity contribution in [3.05, 3.63) is 34.9 Å². The van der Waals surface area contributed by atoms with E-state index < -0.39 is 11.8 Å². The topological polar surface area (TPSA) is 46.6 Å². The van der Waals surface area contributed by atoms with Gasteiger partial charge in [0.1, 0.15) is 0 Å². The molecule has 0 radical (unpaired) electrons. The fourth-order valence-corrected chi connectivity index (χ4v) is 2.57. The molecule has 0 saturated heterocycles. The van der Waals surface area contributed by atoms with Crippen LogP contribution in [0, 0.1) is 0 Å². The Morgan fingerprint density at radius 1 is 1.26 bits per heavy atom. The SMILES string of the molecule is CCOC(=O)C(=O)c1ccc2c(c1)CN(C1CC1)C2. The monoisotopic (exact) mass is 259 g/mol. The minimum absolute atomic E-state index is 0.227. The predicted octanol–water partition coefficient (Wildman–Crippen LogP) is 1.91. The van der Waals surface area contributed by atoms with E-state index in [1.807, 2.05) is 12.1 Å². The highest BCUT2D eigenvalue weighted by atomic mass is 16.5. The van der Waals surface area contributed by atoms with Crippen LogP contribution in [-0.2, 0) is 22.6 Å². The van der Waals surface area contributed by atoms with Crippen LogP contribution in [0.5, 0.6) is 0 Å². The molecule has 0 bridgehead atoms. The molecule has 0 amide bonds. The fraction of sp³-hybridized carbons (Fsp3) is 0.467. The van der Waals surface area contributed by atoms with E-state index in [0.717, 1.165) is 19.1 Å². The molecule has 1 aromatic carbocycles. The molecule has 1 aromatic rings. The number of hydrogen-bond donors (Lipinski definition) is 0. The molecule has 4 heteroatoms. The number of carbonyl (C=O) groups excluding carboxylic acids is 2. The van der Waals surface area contributed by atoms with Crippen molar-refractivity contribution in [3.8, 4) is 0 Å². The molecule has 1 fully saturated rings. The van der Waals surface area contributed by atoms with Crippen molar-refractivity contribution in [3.63, 3.8) is 0 Å². The van der Waals surface area contributed by atoms with Crippen molar-refractivity contribution < 1.29 is 14.3 Å². The number of hydrogen-bond acceptors (Lipinski definition) is 4. The van der Waals surface area contributed by atoms with Gasteiger partial charge in [-0.25, -0.2) is 4.79 Å². The second kappa shape index (κ2) is 4.78. The number of rotatable bonds is 4. The second-order valence-corrected chi connectivity index (χ2v) is 5.17. The summed E-state index contributed by atoms with van der Waals surface area (Å²) >= 11 is 0. The van der Waals surface area contributed by atoms with E-state index in [-0.39, 0.29) is 6.61 Å². The first-order valence-corrected chi connectivity index (χ1v) is 6.76. The summed E-state index contributed by atoms with van der Waals surface area (Å²) in [4.78, 5) is 25.8. The molecule has 4 nitrogen and oxygen atoms in total. The number of Topliss-reactive ketones (excluding diaryl/α,β-unsaturated/α-hetero) is 1. The van der Waals surface area contributed by atoms with Crippen LogP contribution in [0.4, 0.5) is 0 Å². The van der Waals surface area contributed by atoms with Crippen molar-refractivity contribution in [2.45, 2.75) is 38.9 Å². The minimum atomic E-state index is -0.764. The molecule has 100 valence electrons. The van der Waals surface area contributed by atoms with Crippen LogP contribution in [0.2, 0.25) is 0 Å². The van der Waals surface area contributed by atoms with Crippen LogP contribution in [0.1, 0.15) is 41.3 Å². The Balaban J connectivity index is 1.77. The Morgan fingerprint density at radius 2 is 2.00 bits per heavy atom. The van der Waals surface area contributed by atoms with Gasteiger partial charge in [0.2, 0.25) is 0 Å². The Hall–Kier alpha value is -1.68. The van der Waals surface area contributed by atoms with Gasteiger partial charge in [0.25, 0.3) is 5.78 Å². The molecule has 0 aromatic heterocycles. The first-order chi connectivity index (χ1) is 9.19. The van der Waals surface area contributed by atoms with Crippen molar-refractivity contribution in [1.29, 1.82) is 0 Å². The standard InChI is InChI=1S/C15H17NO3/c1-2-19-15(18)14(17)10-3-4-11-8-16(13-5-6-13)9-12(11)7-10/h3-4,7,13H,2,5-6,8-9H2,1H3. The summed E-state index contributed by atoms with van der Waals surface area (Å²) in [5.74, 6) is -1.31. The maximum Gasteiger partial charge on any atom is 0.379 e. The van der Waals surface area contributed by atoms with Crippen LogP contribution in [0.3, 0.4) is 0 Å². The minimum Gasteiger partial charge on any atom is -0.460 e. The zero-order valence-electron chi connectivity index (χ0n) is 11.0. The van der Waals surface area contributed by atoms with E-state index in [0.29, 0.717) is 5.56 Å². The fourth-order valence-electron chi connectivity index (χ4n) is 2.57. The molecule has 1 saturated carbocycles. The number of nitrogens with zero attached hydrogens (tertiary/aromatic N) is 1. The smallest absolute Gasteiger partial charge is 0.379 e. The lowest BCUT2D eigenvalue weighted by atomic mass is 10.0. The van der Waals surface area contributed by atoms with Gasteiger partial charge in [-0.1, -0.05) is 12.1 Å².